The average Bonchev–Trinajstić information content (AvgIpc) is 2.69. The highest BCUT2D eigenvalue weighted by Crippen LogP contribution is 2.35. The van der Waals surface area contributed by atoms with Crippen molar-refractivity contribution in [2.45, 2.75) is 51.9 Å². The molecule has 1 saturated carbocycles. The molecule has 0 bridgehead atoms. The minimum absolute atomic E-state index is 0.0371. The van der Waals surface area contributed by atoms with Crippen molar-refractivity contribution < 1.29 is 19.0 Å². The number of hydrogen-bond acceptors (Lipinski definition) is 4. The maximum atomic E-state index is 12.9. The van der Waals surface area contributed by atoms with E-state index in [9.17, 15) is 4.79 Å². The van der Waals surface area contributed by atoms with Crippen LogP contribution in [0.15, 0.2) is 60.6 Å². The Hall–Kier alpha value is -2.59. The first-order valence-electron chi connectivity index (χ1n) is 9.90. The lowest BCUT2D eigenvalue weighted by atomic mass is 9.80. The number of carbonyl (C=O) groups excluding carboxylic acids is 1. The topological polar surface area (TPSA) is 44.8 Å². The molecule has 3 unspecified atom stereocenters. The predicted octanol–water partition coefficient (Wildman–Crippen LogP) is 4.88. The zero-order valence-electron chi connectivity index (χ0n) is 16.4. The summed E-state index contributed by atoms with van der Waals surface area (Å²) in [5.41, 5.74) is 3.53. The van der Waals surface area contributed by atoms with Crippen molar-refractivity contribution >= 4 is 5.78 Å². The number of rotatable bonds is 5. The van der Waals surface area contributed by atoms with Crippen LogP contribution >= 0.6 is 0 Å². The number of ketones is 1. The van der Waals surface area contributed by atoms with E-state index in [0.29, 0.717) is 18.1 Å². The van der Waals surface area contributed by atoms with Crippen LogP contribution in [0.1, 0.15) is 36.0 Å². The molecule has 4 heteroatoms. The minimum atomic E-state index is -0.150. The quantitative estimate of drug-likeness (QED) is 0.744. The van der Waals surface area contributed by atoms with Gasteiger partial charge in [0.2, 0.25) is 11.5 Å². The Morgan fingerprint density at radius 2 is 1.93 bits per heavy atom. The highest BCUT2D eigenvalue weighted by Gasteiger charge is 2.41. The Morgan fingerprint density at radius 1 is 1.07 bits per heavy atom. The van der Waals surface area contributed by atoms with Gasteiger partial charge in [-0.15, -0.1) is 0 Å². The van der Waals surface area contributed by atoms with Gasteiger partial charge in [0.05, 0.1) is 18.6 Å². The SMILES string of the molecule is Cc1cccc(OC2=COC3CC(OCc4ccccc4C)CCC3C2=O)c1. The maximum absolute atomic E-state index is 12.9. The second-order valence-corrected chi connectivity index (χ2v) is 7.72. The Balaban J connectivity index is 1.36. The van der Waals surface area contributed by atoms with Crippen LogP contribution in [0.2, 0.25) is 0 Å². The molecule has 28 heavy (non-hydrogen) atoms. The van der Waals surface area contributed by atoms with Crippen LogP contribution in [0.5, 0.6) is 5.75 Å². The molecule has 1 fully saturated rings. The molecule has 0 N–H and O–H groups in total. The smallest absolute Gasteiger partial charge is 0.207 e. The Labute approximate surface area is 166 Å². The summed E-state index contributed by atoms with van der Waals surface area (Å²) in [5, 5.41) is 0. The van der Waals surface area contributed by atoms with Gasteiger partial charge in [-0.2, -0.15) is 0 Å². The molecule has 2 aliphatic rings. The van der Waals surface area contributed by atoms with Gasteiger partial charge in [0, 0.05) is 6.42 Å². The number of carbonyl (C=O) groups is 1. The van der Waals surface area contributed by atoms with E-state index in [0.717, 1.165) is 24.8 Å². The molecule has 0 amide bonds. The maximum Gasteiger partial charge on any atom is 0.207 e. The molecule has 2 aromatic carbocycles. The van der Waals surface area contributed by atoms with Crippen LogP contribution in [-0.2, 0) is 20.9 Å². The first-order valence-corrected chi connectivity index (χ1v) is 9.90. The van der Waals surface area contributed by atoms with E-state index >= 15 is 0 Å². The van der Waals surface area contributed by atoms with Gasteiger partial charge in [0.1, 0.15) is 18.1 Å². The standard InChI is InChI=1S/C24H26O4/c1-16-6-5-9-20(12-16)28-23-15-27-22-13-19(10-11-21(22)24(23)25)26-14-18-8-4-3-7-17(18)2/h3-9,12,15,19,21-22H,10-11,13-14H2,1-2H3. The normalized spacial score (nSPS) is 24.1. The van der Waals surface area contributed by atoms with E-state index in [1.54, 1.807) is 0 Å². The second-order valence-electron chi connectivity index (χ2n) is 7.72. The third kappa shape index (κ3) is 4.12. The summed E-state index contributed by atoms with van der Waals surface area (Å²) in [6, 6.07) is 15.9. The molecule has 4 nitrogen and oxygen atoms in total. The summed E-state index contributed by atoms with van der Waals surface area (Å²) in [6.07, 6.45) is 3.82. The predicted molar refractivity (Wildman–Crippen MR) is 107 cm³/mol. The van der Waals surface area contributed by atoms with Gasteiger partial charge < -0.3 is 14.2 Å². The third-order valence-corrected chi connectivity index (χ3v) is 5.63. The number of hydrogen-bond donors (Lipinski definition) is 0. The summed E-state index contributed by atoms with van der Waals surface area (Å²) in [5.74, 6) is 0.848. The highest BCUT2D eigenvalue weighted by atomic mass is 16.5. The van der Waals surface area contributed by atoms with E-state index in [2.05, 4.69) is 19.1 Å². The molecular weight excluding hydrogens is 352 g/mol. The molecule has 1 aliphatic carbocycles. The summed E-state index contributed by atoms with van der Waals surface area (Å²) >= 11 is 0. The largest absolute Gasteiger partial charge is 0.493 e. The number of benzene rings is 2. The van der Waals surface area contributed by atoms with Crippen molar-refractivity contribution in [3.63, 3.8) is 0 Å². The van der Waals surface area contributed by atoms with E-state index < -0.39 is 0 Å². The summed E-state index contributed by atoms with van der Waals surface area (Å²) in [7, 11) is 0. The van der Waals surface area contributed by atoms with Gasteiger partial charge in [0.25, 0.3) is 0 Å². The molecule has 0 saturated heterocycles. The molecule has 3 atom stereocenters. The highest BCUT2D eigenvalue weighted by molar-refractivity contribution is 5.96. The summed E-state index contributed by atoms with van der Waals surface area (Å²) in [4.78, 5) is 12.9. The van der Waals surface area contributed by atoms with Crippen molar-refractivity contribution in [3.8, 4) is 5.75 Å². The number of allylic oxidation sites excluding steroid dienone is 1. The molecule has 0 spiro atoms. The van der Waals surface area contributed by atoms with Crippen molar-refractivity contribution in [2.75, 3.05) is 0 Å². The zero-order chi connectivity index (χ0) is 19.5. The molecule has 0 radical (unpaired) electrons. The van der Waals surface area contributed by atoms with Crippen molar-refractivity contribution in [3.05, 3.63) is 77.2 Å². The zero-order valence-corrected chi connectivity index (χ0v) is 16.4. The minimum Gasteiger partial charge on any atom is -0.493 e. The average molecular weight is 378 g/mol. The van der Waals surface area contributed by atoms with E-state index in [-0.39, 0.29) is 23.9 Å². The summed E-state index contributed by atoms with van der Waals surface area (Å²) in [6.45, 7) is 4.69. The first kappa shape index (κ1) is 18.8. The van der Waals surface area contributed by atoms with Crippen LogP contribution in [-0.4, -0.2) is 18.0 Å². The van der Waals surface area contributed by atoms with Crippen molar-refractivity contribution in [2.24, 2.45) is 5.92 Å². The van der Waals surface area contributed by atoms with Gasteiger partial charge in [-0.3, -0.25) is 4.79 Å². The van der Waals surface area contributed by atoms with Crippen LogP contribution in [0.3, 0.4) is 0 Å². The van der Waals surface area contributed by atoms with Crippen LogP contribution < -0.4 is 4.74 Å². The fourth-order valence-corrected chi connectivity index (χ4v) is 3.94. The lowest BCUT2D eigenvalue weighted by molar-refractivity contribution is -0.134. The number of aryl methyl sites for hydroxylation is 2. The molecular formula is C24H26O4. The monoisotopic (exact) mass is 378 g/mol. The van der Waals surface area contributed by atoms with Gasteiger partial charge >= 0.3 is 0 Å². The lowest BCUT2D eigenvalue weighted by Crippen LogP contribution is -2.42. The lowest BCUT2D eigenvalue weighted by Gasteiger charge is -2.37. The number of ether oxygens (including phenoxy) is 3. The molecule has 1 heterocycles. The molecule has 0 aromatic heterocycles. The summed E-state index contributed by atoms with van der Waals surface area (Å²) < 4.78 is 17.8. The van der Waals surface area contributed by atoms with Crippen molar-refractivity contribution in [1.82, 2.24) is 0 Å². The van der Waals surface area contributed by atoms with Crippen LogP contribution in [0, 0.1) is 19.8 Å². The Kier molecular flexibility index (Phi) is 5.49. The van der Waals surface area contributed by atoms with E-state index in [1.165, 1.54) is 17.4 Å². The Bertz CT molecular complexity index is 886. The Morgan fingerprint density at radius 3 is 2.75 bits per heavy atom. The van der Waals surface area contributed by atoms with Gasteiger partial charge in [0.15, 0.2) is 0 Å². The van der Waals surface area contributed by atoms with Gasteiger partial charge in [-0.1, -0.05) is 36.4 Å². The molecule has 146 valence electrons. The van der Waals surface area contributed by atoms with Crippen LogP contribution in [0.25, 0.3) is 0 Å². The second kappa shape index (κ2) is 8.19. The third-order valence-electron chi connectivity index (χ3n) is 5.63. The molecule has 4 rings (SSSR count). The first-order chi connectivity index (χ1) is 13.6. The van der Waals surface area contributed by atoms with Crippen molar-refractivity contribution in [1.29, 1.82) is 0 Å². The number of fused-ring (bicyclic) bond motifs is 1. The van der Waals surface area contributed by atoms with Crippen LogP contribution in [0.4, 0.5) is 0 Å². The van der Waals surface area contributed by atoms with E-state index in [4.69, 9.17) is 14.2 Å². The molecule has 2 aromatic rings. The van der Waals surface area contributed by atoms with Gasteiger partial charge in [-0.05, 0) is 55.5 Å². The fraction of sp³-hybridized carbons (Fsp3) is 0.375. The van der Waals surface area contributed by atoms with Gasteiger partial charge in [-0.25, -0.2) is 0 Å². The number of Topliss-reactive ketones (excluding diaryl/α,β-unsaturated/α-hetero) is 1. The molecule has 1 aliphatic heterocycles. The van der Waals surface area contributed by atoms with E-state index in [1.807, 2.05) is 43.3 Å². The fourth-order valence-electron chi connectivity index (χ4n) is 3.94.